The summed E-state index contributed by atoms with van der Waals surface area (Å²) >= 11 is 0. The Morgan fingerprint density at radius 2 is 0.926 bits per heavy atom. The van der Waals surface area contributed by atoms with Crippen LogP contribution in [0.15, 0.2) is 36.4 Å². The van der Waals surface area contributed by atoms with Crippen LogP contribution in [0.1, 0.15) is 93.9 Å². The first kappa shape index (κ1) is 18.8. The zero-order valence-corrected chi connectivity index (χ0v) is 17.8. The number of rotatable bonds is 3. The molecule has 0 heteroatoms. The number of hydrogen-bond acceptors (Lipinski definition) is 0. The van der Waals surface area contributed by atoms with Gasteiger partial charge in [-0.15, -0.1) is 0 Å². The van der Waals surface area contributed by atoms with E-state index in [0.717, 1.165) is 0 Å². The van der Waals surface area contributed by atoms with E-state index in [1.807, 2.05) is 0 Å². The van der Waals surface area contributed by atoms with E-state index >= 15 is 0 Å². The molecule has 144 valence electrons. The summed E-state index contributed by atoms with van der Waals surface area (Å²) in [6.07, 6.45) is 12.3. The number of aryl methyl sites for hydroxylation is 2. The van der Waals surface area contributed by atoms with Crippen LogP contribution in [0.5, 0.6) is 0 Å². The Balaban J connectivity index is 1.65. The van der Waals surface area contributed by atoms with E-state index in [1.165, 1.54) is 80.0 Å². The Bertz CT molecular complexity index is 814. The maximum atomic E-state index is 2.48. The minimum absolute atomic E-state index is 0.386. The molecule has 0 heterocycles. The Morgan fingerprint density at radius 3 is 1.30 bits per heavy atom. The highest BCUT2D eigenvalue weighted by molar-refractivity contribution is 5.71. The van der Waals surface area contributed by atoms with Crippen LogP contribution in [0, 0.1) is 13.8 Å². The molecule has 0 aliphatic heterocycles. The van der Waals surface area contributed by atoms with Gasteiger partial charge in [0.2, 0.25) is 0 Å². The van der Waals surface area contributed by atoms with Crippen molar-refractivity contribution in [2.45, 2.75) is 96.3 Å². The fourth-order valence-electron chi connectivity index (χ4n) is 5.75. The molecule has 2 aromatic carbocycles. The Hall–Kier alpha value is -1.56. The van der Waals surface area contributed by atoms with Crippen molar-refractivity contribution < 1.29 is 0 Å². The molecule has 0 spiro atoms. The second-order valence-electron chi connectivity index (χ2n) is 9.95. The summed E-state index contributed by atoms with van der Waals surface area (Å²) in [5.74, 6) is 0. The van der Waals surface area contributed by atoms with E-state index in [2.05, 4.69) is 64.1 Å². The van der Waals surface area contributed by atoms with Crippen molar-refractivity contribution in [1.29, 1.82) is 0 Å². The lowest BCUT2D eigenvalue weighted by atomic mass is 9.70. The van der Waals surface area contributed by atoms with Crippen molar-refractivity contribution in [3.05, 3.63) is 58.7 Å². The Labute approximate surface area is 166 Å². The van der Waals surface area contributed by atoms with E-state index in [4.69, 9.17) is 0 Å². The molecule has 0 atom stereocenters. The van der Waals surface area contributed by atoms with Crippen molar-refractivity contribution in [3.8, 4) is 11.1 Å². The lowest BCUT2D eigenvalue weighted by Gasteiger charge is -2.34. The average Bonchev–Trinajstić information content (AvgIpc) is 3.10. The minimum Gasteiger partial charge on any atom is -0.0579 e. The van der Waals surface area contributed by atoms with Gasteiger partial charge in [-0.3, -0.25) is 0 Å². The molecule has 2 aliphatic rings. The van der Waals surface area contributed by atoms with Gasteiger partial charge in [-0.2, -0.15) is 0 Å². The van der Waals surface area contributed by atoms with Crippen molar-refractivity contribution in [2.75, 3.05) is 0 Å². The van der Waals surface area contributed by atoms with Gasteiger partial charge in [0, 0.05) is 0 Å². The molecule has 0 amide bonds. The first-order chi connectivity index (χ1) is 12.9. The fourth-order valence-corrected chi connectivity index (χ4v) is 5.75. The quantitative estimate of drug-likeness (QED) is 0.519. The molecule has 0 aromatic heterocycles. The molecular formula is C27H36. The highest BCUT2D eigenvalue weighted by Gasteiger charge is 2.31. The van der Waals surface area contributed by atoms with Crippen LogP contribution in [-0.4, -0.2) is 0 Å². The van der Waals surface area contributed by atoms with Gasteiger partial charge in [-0.25, -0.2) is 0 Å². The molecule has 0 nitrogen and oxygen atoms in total. The zero-order valence-electron chi connectivity index (χ0n) is 17.8. The lowest BCUT2D eigenvalue weighted by molar-refractivity contribution is 0.319. The summed E-state index contributed by atoms with van der Waals surface area (Å²) in [6.45, 7) is 9.53. The highest BCUT2D eigenvalue weighted by atomic mass is 14.4. The van der Waals surface area contributed by atoms with Crippen LogP contribution < -0.4 is 0 Å². The summed E-state index contributed by atoms with van der Waals surface area (Å²) in [7, 11) is 0. The molecular weight excluding hydrogens is 324 g/mol. The van der Waals surface area contributed by atoms with E-state index in [-0.39, 0.29) is 0 Å². The second kappa shape index (κ2) is 7.12. The van der Waals surface area contributed by atoms with Crippen LogP contribution in [0.3, 0.4) is 0 Å². The Kier molecular flexibility index (Phi) is 4.95. The Morgan fingerprint density at radius 1 is 0.556 bits per heavy atom. The summed E-state index contributed by atoms with van der Waals surface area (Å²) in [5, 5.41) is 0. The van der Waals surface area contributed by atoms with Crippen molar-refractivity contribution in [3.63, 3.8) is 0 Å². The van der Waals surface area contributed by atoms with Gasteiger partial charge >= 0.3 is 0 Å². The molecule has 2 aromatic rings. The third-order valence-electron chi connectivity index (χ3n) is 7.80. The summed E-state index contributed by atoms with van der Waals surface area (Å²) < 4.78 is 0. The zero-order chi connectivity index (χ0) is 19.1. The van der Waals surface area contributed by atoms with E-state index in [9.17, 15) is 0 Å². The standard InChI is InChI=1S/C27H36/c1-20-18-22(26(3)14-6-5-7-15-26)10-12-24(20)25-13-11-23(19-21(25)2)27(4)16-8-9-17-27/h10-13,18-19H,5-9,14-17H2,1-4H3. The fraction of sp³-hybridized carbons (Fsp3) is 0.556. The summed E-state index contributed by atoms with van der Waals surface area (Å²) in [5.41, 5.74) is 9.58. The monoisotopic (exact) mass is 360 g/mol. The predicted octanol–water partition coefficient (Wildman–Crippen LogP) is 8.02. The summed E-state index contributed by atoms with van der Waals surface area (Å²) in [6, 6.07) is 14.5. The molecule has 4 rings (SSSR count). The molecule has 27 heavy (non-hydrogen) atoms. The lowest BCUT2D eigenvalue weighted by Crippen LogP contribution is -2.25. The maximum Gasteiger partial charge on any atom is -0.00751 e. The van der Waals surface area contributed by atoms with E-state index in [0.29, 0.717) is 10.8 Å². The third-order valence-corrected chi connectivity index (χ3v) is 7.80. The molecule has 0 bridgehead atoms. The van der Waals surface area contributed by atoms with Crippen molar-refractivity contribution >= 4 is 0 Å². The normalized spacial score (nSPS) is 21.3. The van der Waals surface area contributed by atoms with Crippen LogP contribution in [-0.2, 0) is 10.8 Å². The predicted molar refractivity (Wildman–Crippen MR) is 118 cm³/mol. The average molecular weight is 361 g/mol. The topological polar surface area (TPSA) is 0 Å². The first-order valence-electron chi connectivity index (χ1n) is 11.1. The van der Waals surface area contributed by atoms with Gasteiger partial charge in [0.25, 0.3) is 0 Å². The van der Waals surface area contributed by atoms with Gasteiger partial charge in [0.05, 0.1) is 0 Å². The van der Waals surface area contributed by atoms with Gasteiger partial charge in [0.15, 0.2) is 0 Å². The molecule has 2 fully saturated rings. The number of benzene rings is 2. The highest BCUT2D eigenvalue weighted by Crippen LogP contribution is 2.43. The second-order valence-corrected chi connectivity index (χ2v) is 9.95. The van der Waals surface area contributed by atoms with Crippen LogP contribution in [0.4, 0.5) is 0 Å². The molecule has 0 radical (unpaired) electrons. The molecule has 0 unspecified atom stereocenters. The van der Waals surface area contributed by atoms with E-state index < -0.39 is 0 Å². The van der Waals surface area contributed by atoms with Gasteiger partial charge in [-0.05, 0) is 83.7 Å². The smallest absolute Gasteiger partial charge is 0.00751 e. The van der Waals surface area contributed by atoms with Crippen molar-refractivity contribution in [1.82, 2.24) is 0 Å². The molecule has 2 aliphatic carbocycles. The third kappa shape index (κ3) is 3.48. The van der Waals surface area contributed by atoms with Crippen LogP contribution >= 0.6 is 0 Å². The molecule has 2 saturated carbocycles. The summed E-state index contributed by atoms with van der Waals surface area (Å²) in [4.78, 5) is 0. The first-order valence-corrected chi connectivity index (χ1v) is 11.1. The molecule has 0 saturated heterocycles. The minimum atomic E-state index is 0.386. The van der Waals surface area contributed by atoms with Gasteiger partial charge in [-0.1, -0.05) is 82.3 Å². The van der Waals surface area contributed by atoms with E-state index in [1.54, 1.807) is 11.1 Å². The SMILES string of the molecule is Cc1cc(C2(C)CCCCC2)ccc1-c1ccc(C2(C)CCCC2)cc1C. The number of hydrogen-bond donors (Lipinski definition) is 0. The van der Waals surface area contributed by atoms with Gasteiger partial charge in [0.1, 0.15) is 0 Å². The van der Waals surface area contributed by atoms with Crippen LogP contribution in [0.25, 0.3) is 11.1 Å². The maximum absolute atomic E-state index is 2.48. The van der Waals surface area contributed by atoms with Gasteiger partial charge < -0.3 is 0 Å². The largest absolute Gasteiger partial charge is 0.0579 e. The molecule has 0 N–H and O–H groups in total. The van der Waals surface area contributed by atoms with Crippen LogP contribution in [0.2, 0.25) is 0 Å². The van der Waals surface area contributed by atoms with Crippen molar-refractivity contribution in [2.24, 2.45) is 0 Å².